The van der Waals surface area contributed by atoms with Crippen LogP contribution in [0.1, 0.15) is 44.0 Å². The molecule has 4 aromatic rings. The van der Waals surface area contributed by atoms with Crippen LogP contribution in [0.5, 0.6) is 0 Å². The Kier molecular flexibility index (Phi) is 7.23. The van der Waals surface area contributed by atoms with Gasteiger partial charge in [-0.1, -0.05) is 23.7 Å². The van der Waals surface area contributed by atoms with Crippen LogP contribution in [0.25, 0.3) is 10.2 Å². The van der Waals surface area contributed by atoms with E-state index in [1.54, 1.807) is 29.0 Å². The summed E-state index contributed by atoms with van der Waals surface area (Å²) >= 11 is 7.37. The summed E-state index contributed by atoms with van der Waals surface area (Å²) in [5.41, 5.74) is 1.69. The maximum atomic E-state index is 13.0. The molecule has 34 heavy (non-hydrogen) atoms. The number of halogens is 1. The highest BCUT2D eigenvalue weighted by atomic mass is 35.5. The van der Waals surface area contributed by atoms with Crippen molar-refractivity contribution >= 4 is 39.1 Å². The van der Waals surface area contributed by atoms with Gasteiger partial charge in [0.25, 0.3) is 5.91 Å². The van der Waals surface area contributed by atoms with E-state index in [0.717, 1.165) is 26.6 Å². The van der Waals surface area contributed by atoms with Crippen LogP contribution in [0.4, 0.5) is 0 Å². The summed E-state index contributed by atoms with van der Waals surface area (Å²) in [7, 11) is 1.82. The first-order valence-electron chi connectivity index (χ1n) is 10.8. The summed E-state index contributed by atoms with van der Waals surface area (Å²) < 4.78 is 7.37. The van der Waals surface area contributed by atoms with Gasteiger partial charge in [-0.15, -0.1) is 11.3 Å². The zero-order valence-corrected chi connectivity index (χ0v) is 20.7. The molecule has 0 aliphatic rings. The number of hydrogen-bond acceptors (Lipinski definition) is 6. The number of benzene rings is 1. The standard InChI is InChI=1S/C25H26ClN3O4S/c1-14-8-22(33-15(14)2)21(30)12-27-11-18-9-19-23(31)20(13-29(3)25(19)34-18)24(32)28-10-16-4-6-17(26)7-5-16/h4-9,13,21,27,30H,10-12H2,1-3H3,(H,28,32). The molecule has 0 fully saturated rings. The van der Waals surface area contributed by atoms with E-state index in [2.05, 4.69) is 10.6 Å². The van der Waals surface area contributed by atoms with Gasteiger partial charge in [0.1, 0.15) is 28.0 Å². The fourth-order valence-corrected chi connectivity index (χ4v) is 4.82. The quantitative estimate of drug-likeness (QED) is 0.337. The maximum Gasteiger partial charge on any atom is 0.257 e. The SMILES string of the molecule is Cc1cc(C(O)CNCc2cc3c(=O)c(C(=O)NCc4ccc(Cl)cc4)cn(C)c3s2)oc1C. The van der Waals surface area contributed by atoms with Crippen LogP contribution in [0.2, 0.25) is 5.02 Å². The second kappa shape index (κ2) is 10.1. The lowest BCUT2D eigenvalue weighted by molar-refractivity contribution is 0.0949. The van der Waals surface area contributed by atoms with E-state index in [0.29, 0.717) is 35.8 Å². The molecule has 0 saturated carbocycles. The lowest BCUT2D eigenvalue weighted by Crippen LogP contribution is -2.29. The van der Waals surface area contributed by atoms with Gasteiger partial charge in [-0.3, -0.25) is 9.59 Å². The molecule has 0 saturated heterocycles. The van der Waals surface area contributed by atoms with E-state index in [1.165, 1.54) is 11.3 Å². The van der Waals surface area contributed by atoms with E-state index < -0.39 is 12.0 Å². The van der Waals surface area contributed by atoms with Crippen molar-refractivity contribution in [3.8, 4) is 0 Å². The summed E-state index contributed by atoms with van der Waals surface area (Å²) in [6, 6.07) is 10.8. The highest BCUT2D eigenvalue weighted by Crippen LogP contribution is 2.24. The highest BCUT2D eigenvalue weighted by molar-refractivity contribution is 7.18. The number of aliphatic hydroxyl groups excluding tert-OH is 1. The summed E-state index contributed by atoms with van der Waals surface area (Å²) in [5.74, 6) is 0.902. The number of fused-ring (bicyclic) bond motifs is 1. The third-order valence-electron chi connectivity index (χ3n) is 5.66. The molecule has 0 aliphatic heterocycles. The van der Waals surface area contributed by atoms with E-state index in [9.17, 15) is 14.7 Å². The van der Waals surface area contributed by atoms with Crippen molar-refractivity contribution in [1.29, 1.82) is 0 Å². The number of rotatable bonds is 8. The number of amides is 1. The number of carbonyl (C=O) groups excluding carboxylic acids is 1. The Bertz CT molecular complexity index is 1370. The number of aromatic nitrogens is 1. The second-order valence-electron chi connectivity index (χ2n) is 8.26. The normalized spacial score (nSPS) is 12.3. The Morgan fingerprint density at radius 1 is 1.21 bits per heavy atom. The van der Waals surface area contributed by atoms with Crippen molar-refractivity contribution in [3.63, 3.8) is 0 Å². The molecule has 0 spiro atoms. The number of nitrogens with zero attached hydrogens (tertiary/aromatic N) is 1. The number of pyridine rings is 1. The van der Waals surface area contributed by atoms with E-state index in [4.69, 9.17) is 16.0 Å². The predicted molar refractivity (Wildman–Crippen MR) is 135 cm³/mol. The second-order valence-corrected chi connectivity index (χ2v) is 9.81. The van der Waals surface area contributed by atoms with Gasteiger partial charge in [-0.2, -0.15) is 0 Å². The maximum absolute atomic E-state index is 13.0. The van der Waals surface area contributed by atoms with Crippen LogP contribution in [0, 0.1) is 13.8 Å². The summed E-state index contributed by atoms with van der Waals surface area (Å²) in [6.45, 7) is 4.89. The van der Waals surface area contributed by atoms with Crippen LogP contribution in [-0.2, 0) is 20.1 Å². The zero-order chi connectivity index (χ0) is 24.4. The number of aliphatic hydroxyl groups is 1. The lowest BCUT2D eigenvalue weighted by Gasteiger charge is -2.08. The van der Waals surface area contributed by atoms with Gasteiger partial charge in [0.15, 0.2) is 0 Å². The molecule has 4 rings (SSSR count). The van der Waals surface area contributed by atoms with Crippen molar-refractivity contribution in [2.45, 2.75) is 33.0 Å². The minimum atomic E-state index is -0.760. The van der Waals surface area contributed by atoms with Crippen LogP contribution in [0.15, 0.2) is 51.8 Å². The van der Waals surface area contributed by atoms with Crippen molar-refractivity contribution in [1.82, 2.24) is 15.2 Å². The van der Waals surface area contributed by atoms with Crippen molar-refractivity contribution in [3.05, 3.63) is 90.9 Å². The van der Waals surface area contributed by atoms with Crippen molar-refractivity contribution < 1.29 is 14.3 Å². The molecule has 0 aliphatic carbocycles. The Hall–Kier alpha value is -2.91. The molecular formula is C25H26ClN3O4S. The van der Waals surface area contributed by atoms with Gasteiger partial charge in [0.2, 0.25) is 5.43 Å². The van der Waals surface area contributed by atoms with Gasteiger partial charge in [0, 0.05) is 42.8 Å². The average molecular weight is 500 g/mol. The van der Waals surface area contributed by atoms with Crippen molar-refractivity contribution in [2.75, 3.05) is 6.54 Å². The molecule has 3 aromatic heterocycles. The largest absolute Gasteiger partial charge is 0.463 e. The van der Waals surface area contributed by atoms with Crippen molar-refractivity contribution in [2.24, 2.45) is 7.05 Å². The molecule has 1 atom stereocenters. The van der Waals surface area contributed by atoms with Crippen LogP contribution < -0.4 is 16.1 Å². The Morgan fingerprint density at radius 3 is 2.62 bits per heavy atom. The van der Waals surface area contributed by atoms with Crippen LogP contribution in [0.3, 0.4) is 0 Å². The molecule has 3 heterocycles. The van der Waals surface area contributed by atoms with Gasteiger partial charge >= 0.3 is 0 Å². The monoisotopic (exact) mass is 499 g/mol. The minimum absolute atomic E-state index is 0.0975. The smallest absolute Gasteiger partial charge is 0.257 e. The average Bonchev–Trinajstić information content (AvgIpc) is 3.39. The fourth-order valence-electron chi connectivity index (χ4n) is 3.64. The summed E-state index contributed by atoms with van der Waals surface area (Å²) in [4.78, 5) is 27.5. The molecular weight excluding hydrogens is 474 g/mol. The number of hydrogen-bond donors (Lipinski definition) is 3. The van der Waals surface area contributed by atoms with E-state index in [1.807, 2.05) is 39.1 Å². The molecule has 0 radical (unpaired) electrons. The first kappa shape index (κ1) is 24.2. The first-order chi connectivity index (χ1) is 16.2. The molecule has 7 nitrogen and oxygen atoms in total. The molecule has 1 amide bonds. The summed E-state index contributed by atoms with van der Waals surface area (Å²) in [6.07, 6.45) is 0.810. The van der Waals surface area contributed by atoms with Gasteiger partial charge < -0.3 is 24.7 Å². The Balaban J connectivity index is 1.44. The van der Waals surface area contributed by atoms with Crippen LogP contribution in [-0.4, -0.2) is 22.1 Å². The van der Waals surface area contributed by atoms with Gasteiger partial charge in [0.05, 0.1) is 5.39 Å². The van der Waals surface area contributed by atoms with E-state index >= 15 is 0 Å². The fraction of sp³-hybridized carbons (Fsp3) is 0.280. The lowest BCUT2D eigenvalue weighted by atomic mass is 10.2. The third kappa shape index (κ3) is 5.26. The number of nitrogens with one attached hydrogen (secondary N) is 2. The molecule has 1 unspecified atom stereocenters. The van der Waals surface area contributed by atoms with Gasteiger partial charge in [-0.05, 0) is 49.2 Å². The number of carbonyl (C=O) groups is 1. The zero-order valence-electron chi connectivity index (χ0n) is 19.1. The van der Waals surface area contributed by atoms with Gasteiger partial charge in [-0.25, -0.2) is 0 Å². The van der Waals surface area contributed by atoms with E-state index in [-0.39, 0.29) is 11.0 Å². The number of thiophene rings is 1. The molecule has 3 N–H and O–H groups in total. The number of aryl methyl sites for hydroxylation is 3. The topological polar surface area (TPSA) is 96.5 Å². The highest BCUT2D eigenvalue weighted by Gasteiger charge is 2.17. The molecule has 9 heteroatoms. The molecule has 0 bridgehead atoms. The molecule has 178 valence electrons. The predicted octanol–water partition coefficient (Wildman–Crippen LogP) is 4.22. The molecule has 1 aromatic carbocycles. The third-order valence-corrected chi connectivity index (χ3v) is 7.13. The number of furan rings is 1. The Labute approximate surface area is 206 Å². The first-order valence-corrected chi connectivity index (χ1v) is 12.0. The minimum Gasteiger partial charge on any atom is -0.463 e. The van der Waals surface area contributed by atoms with Crippen LogP contribution >= 0.6 is 22.9 Å². The Morgan fingerprint density at radius 2 is 1.94 bits per heavy atom. The summed E-state index contributed by atoms with van der Waals surface area (Å²) in [5, 5.41) is 17.5.